The quantitative estimate of drug-likeness (QED) is 0.851. The highest BCUT2D eigenvalue weighted by Gasteiger charge is 2.23. The van der Waals surface area contributed by atoms with Crippen LogP contribution < -0.4 is 9.46 Å². The van der Waals surface area contributed by atoms with Crippen LogP contribution in [-0.4, -0.2) is 15.5 Å². The number of rotatable bonds is 4. The molecule has 21 heavy (non-hydrogen) atoms. The van der Waals surface area contributed by atoms with E-state index in [-0.39, 0.29) is 21.4 Å². The zero-order valence-corrected chi connectivity index (χ0v) is 13.9. The third-order valence-electron chi connectivity index (χ3n) is 2.59. The molecule has 0 heterocycles. The maximum absolute atomic E-state index is 13.6. The predicted octanol–water partition coefficient (Wildman–Crippen LogP) is 4.05. The molecule has 0 atom stereocenters. The highest BCUT2D eigenvalue weighted by molar-refractivity contribution is 9.10. The van der Waals surface area contributed by atoms with Gasteiger partial charge in [0.2, 0.25) is 0 Å². The number of hydrogen-bond acceptors (Lipinski definition) is 3. The summed E-state index contributed by atoms with van der Waals surface area (Å²) < 4.78 is 46.0. The maximum atomic E-state index is 13.6. The first kappa shape index (κ1) is 16.1. The van der Waals surface area contributed by atoms with Crippen LogP contribution in [0.5, 0.6) is 5.75 Å². The Kier molecular flexibility index (Phi) is 4.75. The van der Waals surface area contributed by atoms with Crippen molar-refractivity contribution in [2.45, 2.75) is 4.90 Å². The van der Waals surface area contributed by atoms with E-state index < -0.39 is 15.8 Å². The van der Waals surface area contributed by atoms with E-state index in [4.69, 9.17) is 16.3 Å². The van der Waals surface area contributed by atoms with Crippen molar-refractivity contribution in [3.8, 4) is 5.75 Å². The molecule has 2 rings (SSSR count). The van der Waals surface area contributed by atoms with Crippen molar-refractivity contribution >= 4 is 43.2 Å². The molecule has 0 fully saturated rings. The fourth-order valence-electron chi connectivity index (χ4n) is 1.68. The van der Waals surface area contributed by atoms with Crippen LogP contribution in [0.3, 0.4) is 0 Å². The molecule has 0 spiro atoms. The number of benzene rings is 2. The third-order valence-corrected chi connectivity index (χ3v) is 4.76. The Morgan fingerprint density at radius 1 is 1.29 bits per heavy atom. The Morgan fingerprint density at radius 2 is 1.95 bits per heavy atom. The van der Waals surface area contributed by atoms with Gasteiger partial charge in [-0.2, -0.15) is 0 Å². The van der Waals surface area contributed by atoms with Crippen molar-refractivity contribution in [1.29, 1.82) is 0 Å². The highest BCUT2D eigenvalue weighted by atomic mass is 79.9. The zero-order valence-electron chi connectivity index (χ0n) is 10.7. The molecule has 0 saturated heterocycles. The van der Waals surface area contributed by atoms with Gasteiger partial charge in [0.1, 0.15) is 10.7 Å². The third kappa shape index (κ3) is 3.48. The maximum Gasteiger partial charge on any atom is 0.265 e. The van der Waals surface area contributed by atoms with Crippen molar-refractivity contribution < 1.29 is 17.5 Å². The largest absolute Gasteiger partial charge is 0.494 e. The minimum Gasteiger partial charge on any atom is -0.494 e. The minimum atomic E-state index is -4.05. The number of para-hydroxylation sites is 1. The molecule has 8 heteroatoms. The van der Waals surface area contributed by atoms with Crippen LogP contribution in [0.15, 0.2) is 45.8 Å². The second kappa shape index (κ2) is 6.21. The monoisotopic (exact) mass is 393 g/mol. The summed E-state index contributed by atoms with van der Waals surface area (Å²) in [4.78, 5) is -0.187. The summed E-state index contributed by atoms with van der Waals surface area (Å²) in [6, 6.07) is 8.19. The van der Waals surface area contributed by atoms with Gasteiger partial charge in [0.05, 0.1) is 17.3 Å². The molecule has 1 N–H and O–H groups in total. The van der Waals surface area contributed by atoms with Crippen molar-refractivity contribution in [1.82, 2.24) is 0 Å². The standard InChI is InChI=1S/C13H10BrClFNO3S/c1-20-13-9(14)6-8(15)7-12(13)21(18,19)17-11-5-3-2-4-10(11)16/h2-7,17H,1H3. The number of nitrogens with one attached hydrogen (secondary N) is 1. The number of hydrogen-bond donors (Lipinski definition) is 1. The van der Waals surface area contributed by atoms with Crippen LogP contribution in [0.1, 0.15) is 0 Å². The predicted molar refractivity (Wildman–Crippen MR) is 82.9 cm³/mol. The molecule has 4 nitrogen and oxygen atoms in total. The molecular weight excluding hydrogens is 385 g/mol. The summed E-state index contributed by atoms with van der Waals surface area (Å²) in [5.41, 5.74) is -0.157. The summed E-state index contributed by atoms with van der Waals surface area (Å²) in [7, 11) is -2.72. The summed E-state index contributed by atoms with van der Waals surface area (Å²) in [6.07, 6.45) is 0. The molecule has 0 radical (unpaired) electrons. The van der Waals surface area contributed by atoms with Crippen LogP contribution >= 0.6 is 27.5 Å². The van der Waals surface area contributed by atoms with Gasteiger partial charge < -0.3 is 4.74 Å². The van der Waals surface area contributed by atoms with Gasteiger partial charge in [-0.1, -0.05) is 23.7 Å². The Morgan fingerprint density at radius 3 is 2.57 bits per heavy atom. The second-order valence-corrected chi connectivity index (χ2v) is 6.95. The molecule has 0 aliphatic heterocycles. The van der Waals surface area contributed by atoms with Crippen molar-refractivity contribution in [3.63, 3.8) is 0 Å². The molecule has 0 bridgehead atoms. The van der Waals surface area contributed by atoms with Crippen molar-refractivity contribution in [3.05, 3.63) is 51.7 Å². The minimum absolute atomic E-state index is 0.0863. The number of sulfonamides is 1. The van der Waals surface area contributed by atoms with Crippen LogP contribution in [0, 0.1) is 5.82 Å². The lowest BCUT2D eigenvalue weighted by atomic mass is 10.3. The summed E-state index contributed by atoms with van der Waals surface area (Å²) >= 11 is 9.04. The first-order chi connectivity index (χ1) is 9.85. The molecule has 2 aromatic rings. The van der Waals surface area contributed by atoms with Gasteiger partial charge in [0.25, 0.3) is 10.0 Å². The number of anilines is 1. The van der Waals surface area contributed by atoms with Crippen LogP contribution in [0.4, 0.5) is 10.1 Å². The first-order valence-corrected chi connectivity index (χ1v) is 8.31. The number of halogens is 3. The highest BCUT2D eigenvalue weighted by Crippen LogP contribution is 2.36. The molecule has 0 aliphatic carbocycles. The number of ether oxygens (including phenoxy) is 1. The van der Waals surface area contributed by atoms with Gasteiger partial charge in [0, 0.05) is 5.02 Å². The van der Waals surface area contributed by atoms with E-state index in [0.717, 1.165) is 6.07 Å². The fraction of sp³-hybridized carbons (Fsp3) is 0.0769. The molecule has 0 amide bonds. The van der Waals surface area contributed by atoms with Gasteiger partial charge in [-0.05, 0) is 40.2 Å². The van der Waals surface area contributed by atoms with E-state index >= 15 is 0 Å². The lowest BCUT2D eigenvalue weighted by molar-refractivity contribution is 0.400. The SMILES string of the molecule is COc1c(Br)cc(Cl)cc1S(=O)(=O)Nc1ccccc1F. The van der Waals surface area contributed by atoms with Crippen LogP contribution in [-0.2, 0) is 10.0 Å². The molecular formula is C13H10BrClFNO3S. The molecule has 2 aromatic carbocycles. The smallest absolute Gasteiger partial charge is 0.265 e. The van der Waals surface area contributed by atoms with Crippen molar-refractivity contribution in [2.75, 3.05) is 11.8 Å². The average molecular weight is 395 g/mol. The normalized spacial score (nSPS) is 11.2. The van der Waals surface area contributed by atoms with Crippen LogP contribution in [0.2, 0.25) is 5.02 Å². The Labute approximate surface area is 135 Å². The zero-order chi connectivity index (χ0) is 15.6. The Bertz CT molecular complexity index is 783. The van der Waals surface area contributed by atoms with E-state index in [1.807, 2.05) is 0 Å². The summed E-state index contributed by atoms with van der Waals surface area (Å²) in [5, 5.41) is 0.205. The lowest BCUT2D eigenvalue weighted by Gasteiger charge is -2.13. The van der Waals surface area contributed by atoms with E-state index in [0.29, 0.717) is 4.47 Å². The van der Waals surface area contributed by atoms with Gasteiger partial charge in [-0.15, -0.1) is 0 Å². The lowest BCUT2D eigenvalue weighted by Crippen LogP contribution is -2.15. The first-order valence-electron chi connectivity index (χ1n) is 5.65. The van der Waals surface area contributed by atoms with Gasteiger partial charge in [0.15, 0.2) is 5.75 Å². The van der Waals surface area contributed by atoms with Crippen molar-refractivity contribution in [2.24, 2.45) is 0 Å². The summed E-state index contributed by atoms with van der Waals surface area (Å²) in [6.45, 7) is 0. The Hall–Kier alpha value is -1.31. The Balaban J connectivity index is 2.52. The molecule has 0 aliphatic rings. The second-order valence-electron chi connectivity index (χ2n) is 4.00. The van der Waals surface area contributed by atoms with Gasteiger partial charge in [-0.3, -0.25) is 4.72 Å². The summed E-state index contributed by atoms with van der Waals surface area (Å²) in [5.74, 6) is -0.593. The number of methoxy groups -OCH3 is 1. The average Bonchev–Trinajstić information content (AvgIpc) is 2.40. The van der Waals surface area contributed by atoms with E-state index in [9.17, 15) is 12.8 Å². The molecule has 0 aromatic heterocycles. The topological polar surface area (TPSA) is 55.4 Å². The molecule has 0 unspecified atom stereocenters. The van der Waals surface area contributed by atoms with Gasteiger partial charge >= 0.3 is 0 Å². The van der Waals surface area contributed by atoms with E-state index in [1.165, 1.54) is 37.4 Å². The van der Waals surface area contributed by atoms with E-state index in [1.54, 1.807) is 0 Å². The van der Waals surface area contributed by atoms with Gasteiger partial charge in [-0.25, -0.2) is 12.8 Å². The van der Waals surface area contributed by atoms with Crippen LogP contribution in [0.25, 0.3) is 0 Å². The van der Waals surface area contributed by atoms with E-state index in [2.05, 4.69) is 20.7 Å². The molecule has 0 saturated carbocycles. The molecule has 112 valence electrons. The fourth-order valence-corrected chi connectivity index (χ4v) is 4.13.